The number of halogens is 5. The van der Waals surface area contributed by atoms with Gasteiger partial charge in [0.1, 0.15) is 5.75 Å². The van der Waals surface area contributed by atoms with Crippen LogP contribution in [0.3, 0.4) is 0 Å². The van der Waals surface area contributed by atoms with E-state index in [1.54, 1.807) is 32.0 Å². The molecule has 0 radical (unpaired) electrons. The Morgan fingerprint density at radius 2 is 1.90 bits per heavy atom. The second-order valence-electron chi connectivity index (χ2n) is 8.39. The second kappa shape index (κ2) is 10.9. The zero-order valence-electron chi connectivity index (χ0n) is 20.5. The molecule has 2 heterocycles. The van der Waals surface area contributed by atoms with Crippen molar-refractivity contribution in [3.05, 3.63) is 100 Å². The highest BCUT2D eigenvalue weighted by Crippen LogP contribution is 2.27. The normalized spacial score (nSPS) is 12.7. The Balaban J connectivity index is 1.74. The van der Waals surface area contributed by atoms with Gasteiger partial charge in [-0.15, -0.1) is 13.2 Å². The lowest BCUT2D eigenvalue weighted by atomic mass is 10.1. The molecule has 39 heavy (non-hydrogen) atoms. The second-order valence-corrected chi connectivity index (χ2v) is 8.39. The predicted molar refractivity (Wildman–Crippen MR) is 134 cm³/mol. The van der Waals surface area contributed by atoms with E-state index in [9.17, 15) is 26.7 Å². The van der Waals surface area contributed by atoms with Crippen LogP contribution < -0.4 is 15.9 Å². The maximum absolute atomic E-state index is 12.9. The lowest BCUT2D eigenvalue weighted by molar-refractivity contribution is -0.274. The molecule has 0 aliphatic carbocycles. The van der Waals surface area contributed by atoms with E-state index >= 15 is 0 Å². The van der Waals surface area contributed by atoms with Crippen molar-refractivity contribution in [2.24, 2.45) is 10.7 Å². The average Bonchev–Trinajstić information content (AvgIpc) is 3.34. The van der Waals surface area contributed by atoms with Crippen LogP contribution in [0, 0.1) is 6.92 Å². The lowest BCUT2D eigenvalue weighted by Gasteiger charge is -2.12. The van der Waals surface area contributed by atoms with Crippen molar-refractivity contribution in [3.63, 3.8) is 0 Å². The maximum atomic E-state index is 12.9. The maximum Gasteiger partial charge on any atom is 0.573 e. The topological polar surface area (TPSA) is 100 Å². The molecule has 0 aliphatic rings. The summed E-state index contributed by atoms with van der Waals surface area (Å²) in [6.07, 6.45) is 0.493. The van der Waals surface area contributed by atoms with Gasteiger partial charge >= 0.3 is 12.9 Å². The predicted octanol–water partition coefficient (Wildman–Crippen LogP) is 5.68. The van der Waals surface area contributed by atoms with Gasteiger partial charge in [0.05, 0.1) is 23.3 Å². The van der Waals surface area contributed by atoms with Crippen LogP contribution in [0.1, 0.15) is 24.7 Å². The van der Waals surface area contributed by atoms with Crippen molar-refractivity contribution < 1.29 is 26.7 Å². The average molecular weight is 544 g/mol. The van der Waals surface area contributed by atoms with Crippen LogP contribution in [-0.2, 0) is 0 Å². The number of ether oxygens (including phenoxy) is 1. The van der Waals surface area contributed by atoms with Crippen molar-refractivity contribution in [2.45, 2.75) is 26.8 Å². The highest BCUT2D eigenvalue weighted by atomic mass is 19.4. The Bertz CT molecular complexity index is 1620. The molecule has 2 aromatic heterocycles. The molecular formula is C26H21F5N6O2. The molecule has 8 nitrogen and oxygen atoms in total. The van der Waals surface area contributed by atoms with Crippen LogP contribution in [0.15, 0.2) is 88.7 Å². The van der Waals surface area contributed by atoms with Crippen molar-refractivity contribution in [1.29, 1.82) is 0 Å². The molecule has 0 fully saturated rings. The molecule has 4 aromatic rings. The van der Waals surface area contributed by atoms with Crippen molar-refractivity contribution in [3.8, 4) is 22.6 Å². The summed E-state index contributed by atoms with van der Waals surface area (Å²) in [6, 6.07) is 11.4. The zero-order valence-corrected chi connectivity index (χ0v) is 20.5. The van der Waals surface area contributed by atoms with Gasteiger partial charge in [-0.2, -0.15) is 19.0 Å². The molecule has 202 valence electrons. The number of hydrogen-bond acceptors (Lipinski definition) is 6. The molecule has 0 aliphatic heterocycles. The number of nitrogens with zero attached hydrogens (tertiary/aromatic N) is 5. The first-order valence-electron chi connectivity index (χ1n) is 11.3. The molecular weight excluding hydrogens is 523 g/mol. The van der Waals surface area contributed by atoms with Crippen LogP contribution in [0.4, 0.5) is 27.6 Å². The van der Waals surface area contributed by atoms with Crippen molar-refractivity contribution >= 4 is 11.4 Å². The van der Waals surface area contributed by atoms with Crippen molar-refractivity contribution in [2.75, 3.05) is 0 Å². The third-order valence-corrected chi connectivity index (χ3v) is 5.29. The highest BCUT2D eigenvalue weighted by molar-refractivity contribution is 6.08. The van der Waals surface area contributed by atoms with Crippen molar-refractivity contribution in [1.82, 2.24) is 19.6 Å². The SMILES string of the molecule is CC(N)=CC(=Nc1cccc(OC(F)(F)F)c1)c1nn(-c2ccc(-c3cnn(C(F)F)c3)cc2C)ccc1=O. The van der Waals surface area contributed by atoms with Crippen LogP contribution in [0.25, 0.3) is 16.8 Å². The molecule has 0 unspecified atom stereocenters. The number of hydrogen-bond donors (Lipinski definition) is 1. The van der Waals surface area contributed by atoms with Crippen LogP contribution in [-0.4, -0.2) is 31.6 Å². The van der Waals surface area contributed by atoms with E-state index in [-0.39, 0.29) is 22.8 Å². The number of aliphatic imine (C=N–C) groups is 1. The van der Waals surface area contributed by atoms with E-state index in [2.05, 4.69) is 19.9 Å². The molecule has 2 aromatic carbocycles. The first-order chi connectivity index (χ1) is 18.4. The number of nitrogens with two attached hydrogens (primary N) is 1. The molecule has 0 saturated heterocycles. The fourth-order valence-electron chi connectivity index (χ4n) is 3.66. The fraction of sp³-hybridized carbons (Fsp3) is 0.154. The van der Waals surface area contributed by atoms with E-state index in [0.29, 0.717) is 27.1 Å². The standard InChI is InChI=1S/C26H21F5N6O2/c1-15-10-17(18-13-33-37(14-18)25(27)28)6-7-22(15)36-9-8-23(38)24(35-36)21(11-16(2)32)34-19-4-3-5-20(12-19)39-26(29,30)31/h3-14,25H,32H2,1-2H3. The van der Waals surface area contributed by atoms with E-state index in [4.69, 9.17) is 5.73 Å². The monoisotopic (exact) mass is 544 g/mol. The summed E-state index contributed by atoms with van der Waals surface area (Å²) in [4.78, 5) is 17.1. The number of aryl methyl sites for hydroxylation is 1. The minimum absolute atomic E-state index is 0.0206. The van der Waals surface area contributed by atoms with Gasteiger partial charge in [-0.05, 0) is 55.3 Å². The number of benzene rings is 2. The molecule has 0 saturated carbocycles. The van der Waals surface area contributed by atoms with E-state index < -0.39 is 24.1 Å². The zero-order chi connectivity index (χ0) is 28.3. The van der Waals surface area contributed by atoms with Crippen LogP contribution >= 0.6 is 0 Å². The smallest absolute Gasteiger partial charge is 0.406 e. The van der Waals surface area contributed by atoms with Gasteiger partial charge in [-0.1, -0.05) is 12.1 Å². The molecule has 0 atom stereocenters. The third-order valence-electron chi connectivity index (χ3n) is 5.29. The summed E-state index contributed by atoms with van der Waals surface area (Å²) in [5, 5.41) is 8.06. The Morgan fingerprint density at radius 3 is 2.54 bits per heavy atom. The fourth-order valence-corrected chi connectivity index (χ4v) is 3.66. The Morgan fingerprint density at radius 1 is 1.13 bits per heavy atom. The molecule has 2 N–H and O–H groups in total. The number of aromatic nitrogens is 4. The summed E-state index contributed by atoms with van der Waals surface area (Å²) in [5.41, 5.74) is 8.02. The Hall–Kier alpha value is -4.81. The Labute approximate surface area is 218 Å². The lowest BCUT2D eigenvalue weighted by Crippen LogP contribution is -2.21. The first kappa shape index (κ1) is 27.2. The molecule has 0 amide bonds. The van der Waals surface area contributed by atoms with E-state index in [1.165, 1.54) is 47.5 Å². The molecule has 4 rings (SSSR count). The number of rotatable bonds is 7. The summed E-state index contributed by atoms with van der Waals surface area (Å²) in [5.74, 6) is -0.482. The first-order valence-corrected chi connectivity index (χ1v) is 11.3. The molecule has 0 bridgehead atoms. The quantitative estimate of drug-likeness (QED) is 0.238. The highest BCUT2D eigenvalue weighted by Gasteiger charge is 2.31. The minimum atomic E-state index is -4.88. The van der Waals surface area contributed by atoms with Crippen LogP contribution in [0.2, 0.25) is 0 Å². The minimum Gasteiger partial charge on any atom is -0.406 e. The summed E-state index contributed by atoms with van der Waals surface area (Å²) in [7, 11) is 0. The van der Waals surface area contributed by atoms with Gasteiger partial charge in [0.2, 0.25) is 5.43 Å². The van der Waals surface area contributed by atoms with Gasteiger partial charge < -0.3 is 10.5 Å². The number of alkyl halides is 5. The third kappa shape index (κ3) is 6.74. The van der Waals surface area contributed by atoms with Gasteiger partial charge in [0.25, 0.3) is 0 Å². The number of allylic oxidation sites excluding steroid dienone is 2. The summed E-state index contributed by atoms with van der Waals surface area (Å²) < 4.78 is 69.6. The van der Waals surface area contributed by atoms with E-state index in [1.807, 2.05) is 0 Å². The largest absolute Gasteiger partial charge is 0.573 e. The van der Waals surface area contributed by atoms with Gasteiger partial charge in [-0.25, -0.2) is 14.4 Å². The Kier molecular flexibility index (Phi) is 7.61. The molecule has 0 spiro atoms. The van der Waals surface area contributed by atoms with Gasteiger partial charge in [0.15, 0.2) is 5.69 Å². The molecule has 13 heteroatoms. The van der Waals surface area contributed by atoms with Gasteiger partial charge in [-0.3, -0.25) is 4.79 Å². The van der Waals surface area contributed by atoms with E-state index in [0.717, 1.165) is 12.1 Å². The van der Waals surface area contributed by atoms with Crippen LogP contribution in [0.5, 0.6) is 5.75 Å². The summed E-state index contributed by atoms with van der Waals surface area (Å²) in [6.45, 7) is 0.574. The van der Waals surface area contributed by atoms with Gasteiger partial charge in [0, 0.05) is 35.8 Å². The summed E-state index contributed by atoms with van der Waals surface area (Å²) >= 11 is 0.